The van der Waals surface area contributed by atoms with Crippen LogP contribution in [0, 0.1) is 0 Å². The Kier molecular flexibility index (Phi) is 9.93. The van der Waals surface area contributed by atoms with Crippen molar-refractivity contribution < 1.29 is 14.2 Å². The fraction of sp³-hybridized carbons (Fsp3) is 0.486. The van der Waals surface area contributed by atoms with Crippen molar-refractivity contribution in [1.82, 2.24) is 10.6 Å². The Labute approximate surface area is 251 Å². The molecule has 3 aliphatic heterocycles. The van der Waals surface area contributed by atoms with E-state index in [1.54, 1.807) is 7.11 Å². The van der Waals surface area contributed by atoms with Crippen LogP contribution in [0.4, 0.5) is 11.4 Å². The lowest BCUT2D eigenvalue weighted by atomic mass is 9.87. The molecule has 0 saturated carbocycles. The van der Waals surface area contributed by atoms with E-state index in [0.717, 1.165) is 77.6 Å². The molecule has 3 heterocycles. The first-order valence-corrected chi connectivity index (χ1v) is 15.7. The molecule has 6 rings (SSSR count). The zero-order valence-corrected chi connectivity index (χ0v) is 25.0. The van der Waals surface area contributed by atoms with Crippen molar-refractivity contribution in [3.8, 4) is 5.75 Å². The van der Waals surface area contributed by atoms with Crippen LogP contribution in [-0.2, 0) is 22.6 Å². The highest BCUT2D eigenvalue weighted by Gasteiger charge is 2.28. The number of anilines is 2. The van der Waals surface area contributed by atoms with E-state index in [-0.39, 0.29) is 6.10 Å². The summed E-state index contributed by atoms with van der Waals surface area (Å²) >= 11 is 0. The van der Waals surface area contributed by atoms with Gasteiger partial charge in [-0.25, -0.2) is 0 Å². The van der Waals surface area contributed by atoms with Gasteiger partial charge in [0, 0.05) is 64.1 Å². The van der Waals surface area contributed by atoms with E-state index >= 15 is 0 Å². The summed E-state index contributed by atoms with van der Waals surface area (Å²) in [6.07, 6.45) is 3.43. The predicted octanol–water partition coefficient (Wildman–Crippen LogP) is 4.95. The van der Waals surface area contributed by atoms with Crippen LogP contribution in [0.2, 0.25) is 0 Å². The first-order valence-electron chi connectivity index (χ1n) is 15.7. The second-order valence-corrected chi connectivity index (χ2v) is 11.8. The number of piperidine rings is 1. The minimum atomic E-state index is 0.148. The summed E-state index contributed by atoms with van der Waals surface area (Å²) in [5.74, 6) is 1.37. The second kappa shape index (κ2) is 14.4. The average molecular weight is 571 g/mol. The van der Waals surface area contributed by atoms with E-state index in [4.69, 9.17) is 14.2 Å². The number of hydrogen-bond donors (Lipinski definition) is 2. The molecule has 3 aliphatic rings. The predicted molar refractivity (Wildman–Crippen MR) is 170 cm³/mol. The van der Waals surface area contributed by atoms with Gasteiger partial charge in [-0.3, -0.25) is 0 Å². The molecular formula is C35H46N4O3. The van der Waals surface area contributed by atoms with Gasteiger partial charge >= 0.3 is 0 Å². The number of benzene rings is 3. The fourth-order valence-corrected chi connectivity index (χ4v) is 6.57. The Morgan fingerprint density at radius 1 is 0.976 bits per heavy atom. The summed E-state index contributed by atoms with van der Waals surface area (Å²) in [5, 5.41) is 7.34. The molecule has 0 radical (unpaired) electrons. The summed E-state index contributed by atoms with van der Waals surface area (Å²) in [4.78, 5) is 4.89. The number of nitrogens with zero attached hydrogens (tertiary/aromatic N) is 2. The minimum Gasteiger partial charge on any atom is -0.490 e. The van der Waals surface area contributed by atoms with Crippen LogP contribution in [-0.4, -0.2) is 71.7 Å². The number of nitrogens with one attached hydrogen (secondary N) is 2. The number of ether oxygens (including phenoxy) is 3. The Balaban J connectivity index is 1.02. The van der Waals surface area contributed by atoms with Crippen LogP contribution < -0.4 is 25.2 Å². The molecule has 7 nitrogen and oxygen atoms in total. The largest absolute Gasteiger partial charge is 0.490 e. The first-order chi connectivity index (χ1) is 20.8. The minimum absolute atomic E-state index is 0.148. The molecule has 2 fully saturated rings. The SMILES string of the molecule is COCCCN1CCOc2ccc(CO[C@H]3CNCC[C@@H]3c3ccc(CN[C@H]4CCN(c5ccccc5)C4)cc3)cc21. The van der Waals surface area contributed by atoms with Gasteiger partial charge in [0.15, 0.2) is 0 Å². The lowest BCUT2D eigenvalue weighted by Crippen LogP contribution is -2.41. The average Bonchev–Trinajstić information content (AvgIpc) is 3.53. The van der Waals surface area contributed by atoms with E-state index in [0.29, 0.717) is 18.6 Å². The second-order valence-electron chi connectivity index (χ2n) is 11.8. The summed E-state index contributed by atoms with van der Waals surface area (Å²) < 4.78 is 17.8. The molecule has 0 unspecified atom stereocenters. The molecule has 3 aromatic rings. The molecule has 2 N–H and O–H groups in total. The molecule has 224 valence electrons. The van der Waals surface area contributed by atoms with Crippen molar-refractivity contribution in [3.63, 3.8) is 0 Å². The maximum absolute atomic E-state index is 6.59. The fourth-order valence-electron chi connectivity index (χ4n) is 6.57. The van der Waals surface area contributed by atoms with Crippen molar-refractivity contribution in [3.05, 3.63) is 89.5 Å². The van der Waals surface area contributed by atoms with Gasteiger partial charge in [-0.15, -0.1) is 0 Å². The van der Waals surface area contributed by atoms with Crippen molar-refractivity contribution in [2.24, 2.45) is 0 Å². The maximum Gasteiger partial charge on any atom is 0.142 e. The van der Waals surface area contributed by atoms with Crippen LogP contribution in [0.25, 0.3) is 0 Å². The smallest absolute Gasteiger partial charge is 0.142 e. The number of para-hydroxylation sites is 1. The third kappa shape index (κ3) is 7.27. The van der Waals surface area contributed by atoms with Gasteiger partial charge in [-0.1, -0.05) is 48.5 Å². The molecule has 42 heavy (non-hydrogen) atoms. The van der Waals surface area contributed by atoms with Gasteiger partial charge in [-0.2, -0.15) is 0 Å². The number of fused-ring (bicyclic) bond motifs is 1. The quantitative estimate of drug-likeness (QED) is 0.299. The van der Waals surface area contributed by atoms with Gasteiger partial charge in [0.1, 0.15) is 12.4 Å². The standard InChI is InChI=1S/C35H46N4O3/c1-40-20-5-17-38-19-21-41-34-13-10-28(22-33(34)38)26-42-35-24-36-16-14-32(35)29-11-8-27(9-12-29)23-37-30-15-18-39(25-30)31-6-3-2-4-7-31/h2-4,6-13,22,30,32,35-37H,5,14-21,23-26H2,1H3/t30-,32+,35-/m0/s1. The first kappa shape index (κ1) is 29.0. The number of methoxy groups -OCH3 is 1. The van der Waals surface area contributed by atoms with Crippen LogP contribution in [0.1, 0.15) is 41.9 Å². The van der Waals surface area contributed by atoms with Crippen molar-refractivity contribution in [1.29, 1.82) is 0 Å². The molecule has 3 aromatic carbocycles. The lowest BCUT2D eigenvalue weighted by molar-refractivity contribution is 0.0106. The van der Waals surface area contributed by atoms with Gasteiger partial charge in [0.25, 0.3) is 0 Å². The molecule has 0 spiro atoms. The normalized spacial score (nSPS) is 22.2. The third-order valence-electron chi connectivity index (χ3n) is 8.96. The Morgan fingerprint density at radius 3 is 2.69 bits per heavy atom. The van der Waals surface area contributed by atoms with E-state index in [2.05, 4.69) is 93.2 Å². The summed E-state index contributed by atoms with van der Waals surface area (Å²) in [7, 11) is 1.76. The highest BCUT2D eigenvalue weighted by atomic mass is 16.5. The van der Waals surface area contributed by atoms with Gasteiger partial charge in [0.05, 0.1) is 24.9 Å². The van der Waals surface area contributed by atoms with Crippen molar-refractivity contribution >= 4 is 11.4 Å². The highest BCUT2D eigenvalue weighted by Crippen LogP contribution is 2.34. The molecule has 3 atom stereocenters. The molecular weight excluding hydrogens is 524 g/mol. The van der Waals surface area contributed by atoms with Crippen molar-refractivity contribution in [2.75, 3.05) is 69.4 Å². The van der Waals surface area contributed by atoms with E-state index in [9.17, 15) is 0 Å². The number of rotatable bonds is 12. The van der Waals surface area contributed by atoms with E-state index < -0.39 is 0 Å². The molecule has 7 heteroatoms. The van der Waals surface area contributed by atoms with E-state index in [1.165, 1.54) is 34.5 Å². The van der Waals surface area contributed by atoms with Crippen LogP contribution in [0.15, 0.2) is 72.8 Å². The molecule has 2 saturated heterocycles. The molecule has 0 aromatic heterocycles. The van der Waals surface area contributed by atoms with E-state index in [1.807, 2.05) is 0 Å². The third-order valence-corrected chi connectivity index (χ3v) is 8.96. The lowest BCUT2D eigenvalue weighted by Gasteiger charge is -2.33. The summed E-state index contributed by atoms with van der Waals surface area (Å²) in [6, 6.07) is 27.0. The zero-order chi connectivity index (χ0) is 28.6. The van der Waals surface area contributed by atoms with Crippen LogP contribution in [0.5, 0.6) is 5.75 Å². The van der Waals surface area contributed by atoms with Gasteiger partial charge in [-0.05, 0) is 66.8 Å². The summed E-state index contributed by atoms with van der Waals surface area (Å²) in [6.45, 7) is 8.99. The Morgan fingerprint density at radius 2 is 1.83 bits per heavy atom. The topological polar surface area (TPSA) is 58.2 Å². The van der Waals surface area contributed by atoms with Crippen LogP contribution in [0.3, 0.4) is 0 Å². The van der Waals surface area contributed by atoms with Crippen LogP contribution >= 0.6 is 0 Å². The number of hydrogen-bond acceptors (Lipinski definition) is 7. The van der Waals surface area contributed by atoms with Gasteiger partial charge < -0.3 is 34.6 Å². The zero-order valence-electron chi connectivity index (χ0n) is 25.0. The summed E-state index contributed by atoms with van der Waals surface area (Å²) in [5.41, 5.74) is 6.41. The monoisotopic (exact) mass is 570 g/mol. The van der Waals surface area contributed by atoms with Crippen molar-refractivity contribution in [2.45, 2.75) is 50.5 Å². The molecule has 0 bridgehead atoms. The maximum atomic E-state index is 6.59. The molecule has 0 aliphatic carbocycles. The van der Waals surface area contributed by atoms with Gasteiger partial charge in [0.2, 0.25) is 0 Å². The highest BCUT2D eigenvalue weighted by molar-refractivity contribution is 5.61. The Bertz CT molecular complexity index is 1250. The Hall–Kier alpha value is -3.10. The molecule has 0 amide bonds.